The van der Waals surface area contributed by atoms with Crippen molar-refractivity contribution in [3.63, 3.8) is 0 Å². The molecule has 0 aliphatic rings. The fourth-order valence-corrected chi connectivity index (χ4v) is 3.64. The summed E-state index contributed by atoms with van der Waals surface area (Å²) in [6, 6.07) is 8.18. The average Bonchev–Trinajstić information content (AvgIpc) is 2.54. The Morgan fingerprint density at radius 1 is 1.32 bits per heavy atom. The number of rotatable bonds is 5. The smallest absolute Gasteiger partial charge is 0.274 e. The van der Waals surface area contributed by atoms with Gasteiger partial charge in [0.05, 0.1) is 27.8 Å². The molecule has 2 rings (SSSR count). The number of carbonyl (C=O) groups excluding carboxylic acids is 1. The third-order valence-electron chi connectivity index (χ3n) is 3.42. The van der Waals surface area contributed by atoms with E-state index in [9.17, 15) is 14.9 Å². The van der Waals surface area contributed by atoms with Crippen LogP contribution in [0.15, 0.2) is 45.4 Å². The Balaban J connectivity index is 2.23. The van der Waals surface area contributed by atoms with Crippen molar-refractivity contribution in [2.45, 2.75) is 6.92 Å². The van der Waals surface area contributed by atoms with Crippen molar-refractivity contribution in [3.8, 4) is 5.75 Å². The maximum absolute atomic E-state index is 12.2. The second kappa shape index (κ2) is 8.26. The van der Waals surface area contributed by atoms with Crippen LogP contribution in [0.5, 0.6) is 5.75 Å². The van der Waals surface area contributed by atoms with Gasteiger partial charge in [0.25, 0.3) is 5.69 Å². The van der Waals surface area contributed by atoms with Gasteiger partial charge in [-0.25, -0.2) is 0 Å². The van der Waals surface area contributed by atoms with Gasteiger partial charge < -0.3 is 10.1 Å². The number of anilines is 1. The lowest BCUT2D eigenvalue weighted by Gasteiger charge is -2.09. The van der Waals surface area contributed by atoms with Gasteiger partial charge in [0.15, 0.2) is 0 Å². The molecule has 2 aromatic rings. The molecule has 25 heavy (non-hydrogen) atoms. The molecule has 0 unspecified atom stereocenters. The number of hydrogen-bond donors (Lipinski definition) is 1. The quantitative estimate of drug-likeness (QED) is 0.375. The topological polar surface area (TPSA) is 81.5 Å². The predicted molar refractivity (Wildman–Crippen MR) is 104 cm³/mol. The summed E-state index contributed by atoms with van der Waals surface area (Å²) in [5.41, 5.74) is 1.46. The van der Waals surface area contributed by atoms with E-state index in [0.29, 0.717) is 22.6 Å². The highest BCUT2D eigenvalue weighted by Gasteiger charge is 2.14. The maximum atomic E-state index is 12.2. The van der Waals surface area contributed by atoms with Crippen LogP contribution < -0.4 is 10.1 Å². The molecule has 0 radical (unpaired) electrons. The van der Waals surface area contributed by atoms with E-state index in [-0.39, 0.29) is 5.69 Å². The summed E-state index contributed by atoms with van der Waals surface area (Å²) >= 11 is 6.78. The van der Waals surface area contributed by atoms with Gasteiger partial charge in [0.2, 0.25) is 5.91 Å². The van der Waals surface area contributed by atoms with E-state index in [0.717, 1.165) is 8.95 Å². The fraction of sp³-hybridized carbons (Fsp3) is 0.118. The molecule has 0 aliphatic carbocycles. The van der Waals surface area contributed by atoms with Crippen LogP contribution in [0.3, 0.4) is 0 Å². The Labute approximate surface area is 161 Å². The highest BCUT2D eigenvalue weighted by molar-refractivity contribution is 9.11. The molecule has 0 bridgehead atoms. The van der Waals surface area contributed by atoms with Crippen molar-refractivity contribution in [1.82, 2.24) is 0 Å². The van der Waals surface area contributed by atoms with E-state index < -0.39 is 10.8 Å². The minimum absolute atomic E-state index is 0.0423. The molecule has 1 N–H and O–H groups in total. The second-order valence-electron chi connectivity index (χ2n) is 5.04. The summed E-state index contributed by atoms with van der Waals surface area (Å²) in [6.45, 7) is 1.59. The summed E-state index contributed by atoms with van der Waals surface area (Å²) in [6.07, 6.45) is 2.95. The Bertz CT molecular complexity index is 866. The summed E-state index contributed by atoms with van der Waals surface area (Å²) < 4.78 is 6.89. The molecule has 0 fully saturated rings. The van der Waals surface area contributed by atoms with Gasteiger partial charge in [-0.3, -0.25) is 14.9 Å². The zero-order valence-electron chi connectivity index (χ0n) is 13.4. The Morgan fingerprint density at radius 3 is 2.68 bits per heavy atom. The molecule has 0 aromatic heterocycles. The van der Waals surface area contributed by atoms with E-state index in [1.165, 1.54) is 25.3 Å². The van der Waals surface area contributed by atoms with Crippen LogP contribution in [0.1, 0.15) is 11.1 Å². The SMILES string of the molecule is COc1c(Br)cc(Br)cc1/C=C/C(=O)Nc1cccc([N+](=O)[O-])c1C. The molecule has 8 heteroatoms. The second-order valence-corrected chi connectivity index (χ2v) is 6.81. The number of nitro benzene ring substituents is 1. The highest BCUT2D eigenvalue weighted by atomic mass is 79.9. The normalized spacial score (nSPS) is 10.7. The van der Waals surface area contributed by atoms with Crippen LogP contribution >= 0.6 is 31.9 Å². The summed E-state index contributed by atoms with van der Waals surface area (Å²) in [4.78, 5) is 22.6. The first-order chi connectivity index (χ1) is 11.8. The summed E-state index contributed by atoms with van der Waals surface area (Å²) in [5.74, 6) is 0.195. The molecule has 0 saturated heterocycles. The minimum atomic E-state index is -0.481. The van der Waals surface area contributed by atoms with Crippen LogP contribution in [0.4, 0.5) is 11.4 Å². The average molecular weight is 470 g/mol. The van der Waals surface area contributed by atoms with E-state index in [2.05, 4.69) is 37.2 Å². The first-order valence-electron chi connectivity index (χ1n) is 7.09. The molecule has 0 heterocycles. The molecular formula is C17H14Br2N2O4. The number of halogens is 2. The van der Waals surface area contributed by atoms with Crippen molar-refractivity contribution in [3.05, 3.63) is 66.6 Å². The largest absolute Gasteiger partial charge is 0.495 e. The van der Waals surface area contributed by atoms with Gasteiger partial charge in [-0.15, -0.1) is 0 Å². The number of nitrogens with zero attached hydrogens (tertiary/aromatic N) is 1. The number of amides is 1. The molecule has 0 atom stereocenters. The van der Waals surface area contributed by atoms with Crippen molar-refractivity contribution < 1.29 is 14.5 Å². The molecule has 130 valence electrons. The van der Waals surface area contributed by atoms with Gasteiger partial charge in [-0.2, -0.15) is 0 Å². The van der Waals surface area contributed by atoms with E-state index in [4.69, 9.17) is 4.74 Å². The van der Waals surface area contributed by atoms with E-state index in [1.807, 2.05) is 12.1 Å². The zero-order valence-corrected chi connectivity index (χ0v) is 16.5. The number of ether oxygens (including phenoxy) is 1. The molecule has 0 spiro atoms. The number of nitro groups is 1. The predicted octanol–water partition coefficient (Wildman–Crippen LogP) is 5.09. The van der Waals surface area contributed by atoms with Crippen LogP contribution in [-0.4, -0.2) is 17.9 Å². The van der Waals surface area contributed by atoms with Crippen molar-refractivity contribution >= 4 is 55.2 Å². The first-order valence-corrected chi connectivity index (χ1v) is 8.68. The van der Waals surface area contributed by atoms with Gasteiger partial charge in [-0.05, 0) is 47.1 Å². The molecule has 0 aliphatic heterocycles. The van der Waals surface area contributed by atoms with Crippen LogP contribution in [0.25, 0.3) is 6.08 Å². The zero-order chi connectivity index (χ0) is 18.6. The number of methoxy groups -OCH3 is 1. The van der Waals surface area contributed by atoms with Crippen molar-refractivity contribution in [1.29, 1.82) is 0 Å². The summed E-state index contributed by atoms with van der Waals surface area (Å²) in [7, 11) is 1.54. The molecule has 2 aromatic carbocycles. The van der Waals surface area contributed by atoms with Gasteiger partial charge >= 0.3 is 0 Å². The molecule has 6 nitrogen and oxygen atoms in total. The van der Waals surface area contributed by atoms with E-state index in [1.54, 1.807) is 19.1 Å². The molecular weight excluding hydrogens is 456 g/mol. The number of nitrogens with one attached hydrogen (secondary N) is 1. The van der Waals surface area contributed by atoms with Crippen molar-refractivity contribution in [2.75, 3.05) is 12.4 Å². The lowest BCUT2D eigenvalue weighted by atomic mass is 10.1. The third-order valence-corrected chi connectivity index (χ3v) is 4.46. The van der Waals surface area contributed by atoms with Crippen LogP contribution in [0, 0.1) is 17.0 Å². The summed E-state index contributed by atoms with van der Waals surface area (Å²) in [5, 5.41) is 13.6. The number of hydrogen-bond acceptors (Lipinski definition) is 4. The van der Waals surface area contributed by atoms with Crippen molar-refractivity contribution in [2.24, 2.45) is 0 Å². The molecule has 0 saturated carbocycles. The number of carbonyl (C=O) groups is 1. The van der Waals surface area contributed by atoms with Gasteiger partial charge in [0, 0.05) is 22.2 Å². The van der Waals surface area contributed by atoms with E-state index >= 15 is 0 Å². The Hall–Kier alpha value is -2.19. The van der Waals surface area contributed by atoms with Gasteiger partial charge in [0.1, 0.15) is 5.75 Å². The maximum Gasteiger partial charge on any atom is 0.274 e. The lowest BCUT2D eigenvalue weighted by molar-refractivity contribution is -0.385. The highest BCUT2D eigenvalue weighted by Crippen LogP contribution is 2.33. The Kier molecular flexibility index (Phi) is 6.33. The lowest BCUT2D eigenvalue weighted by Crippen LogP contribution is -2.09. The standard InChI is InChI=1S/C17H14Br2N2O4/c1-10-14(4-3-5-15(10)21(23)24)20-16(22)7-6-11-8-12(18)9-13(19)17(11)25-2/h3-9H,1-2H3,(H,20,22)/b7-6+. The monoisotopic (exact) mass is 468 g/mol. The Morgan fingerprint density at radius 2 is 2.04 bits per heavy atom. The minimum Gasteiger partial charge on any atom is -0.495 e. The fourth-order valence-electron chi connectivity index (χ4n) is 2.22. The third kappa shape index (κ3) is 4.67. The number of benzene rings is 2. The molecule has 1 amide bonds. The first kappa shape index (κ1) is 19.1. The van der Waals surface area contributed by atoms with Gasteiger partial charge in [-0.1, -0.05) is 22.0 Å². The van der Waals surface area contributed by atoms with Crippen LogP contribution in [-0.2, 0) is 4.79 Å². The van der Waals surface area contributed by atoms with Crippen LogP contribution in [0.2, 0.25) is 0 Å².